The molecule has 0 bridgehead atoms. The van der Waals surface area contributed by atoms with Crippen LogP contribution in [0, 0.1) is 12.8 Å². The van der Waals surface area contributed by atoms with Crippen LogP contribution in [-0.4, -0.2) is 40.5 Å². The van der Waals surface area contributed by atoms with Crippen molar-refractivity contribution in [3.8, 4) is 0 Å². The maximum atomic E-state index is 12.6. The lowest BCUT2D eigenvalue weighted by Crippen LogP contribution is -2.42. The van der Waals surface area contributed by atoms with Crippen molar-refractivity contribution >= 4 is 29.4 Å². The van der Waals surface area contributed by atoms with Gasteiger partial charge in [-0.05, 0) is 54.5 Å². The summed E-state index contributed by atoms with van der Waals surface area (Å²) in [6.07, 6.45) is 3.12. The standard InChI is InChI=1S/C24H31N3O2S/c1-17-5-10-21(25-15-17)26-23(29)18-11-13-27(14-12-18)22(28)16-30-20-8-6-19(7-9-20)24(2,3)4/h5-10,15,18H,11-14,16H2,1-4H3,(H,25,26,29). The number of thioether (sulfide) groups is 1. The number of aryl methyl sites for hydroxylation is 1. The molecule has 5 nitrogen and oxygen atoms in total. The van der Waals surface area contributed by atoms with Crippen molar-refractivity contribution in [1.29, 1.82) is 0 Å². The molecular formula is C24H31N3O2S. The van der Waals surface area contributed by atoms with Gasteiger partial charge in [0.25, 0.3) is 0 Å². The molecule has 0 atom stereocenters. The predicted molar refractivity (Wildman–Crippen MR) is 123 cm³/mol. The van der Waals surface area contributed by atoms with Gasteiger partial charge in [-0.2, -0.15) is 0 Å². The number of piperidine rings is 1. The second-order valence-electron chi connectivity index (χ2n) is 8.93. The Morgan fingerprint density at radius 3 is 2.33 bits per heavy atom. The molecule has 1 fully saturated rings. The van der Waals surface area contributed by atoms with Crippen LogP contribution in [0.3, 0.4) is 0 Å². The zero-order chi connectivity index (χ0) is 21.7. The van der Waals surface area contributed by atoms with Crippen LogP contribution in [-0.2, 0) is 15.0 Å². The van der Waals surface area contributed by atoms with Crippen LogP contribution in [0.4, 0.5) is 5.82 Å². The Labute approximate surface area is 183 Å². The number of pyridine rings is 1. The van der Waals surface area contributed by atoms with E-state index in [1.165, 1.54) is 5.56 Å². The summed E-state index contributed by atoms with van der Waals surface area (Å²) in [5, 5.41) is 2.89. The molecule has 0 unspecified atom stereocenters. The monoisotopic (exact) mass is 425 g/mol. The van der Waals surface area contributed by atoms with Gasteiger partial charge in [0.1, 0.15) is 5.82 Å². The molecule has 1 aromatic carbocycles. The van der Waals surface area contributed by atoms with Crippen molar-refractivity contribution in [3.63, 3.8) is 0 Å². The maximum absolute atomic E-state index is 12.6. The highest BCUT2D eigenvalue weighted by molar-refractivity contribution is 8.00. The molecule has 0 spiro atoms. The molecule has 160 valence electrons. The molecule has 3 rings (SSSR count). The van der Waals surface area contributed by atoms with Crippen molar-refractivity contribution in [2.75, 3.05) is 24.2 Å². The number of rotatable bonds is 5. The van der Waals surface area contributed by atoms with E-state index in [1.807, 2.05) is 24.0 Å². The predicted octanol–water partition coefficient (Wildman–Crippen LogP) is 4.66. The van der Waals surface area contributed by atoms with Gasteiger partial charge in [-0.1, -0.05) is 39.0 Å². The Kier molecular flexibility index (Phi) is 7.19. The Bertz CT molecular complexity index is 865. The maximum Gasteiger partial charge on any atom is 0.232 e. The van der Waals surface area contributed by atoms with E-state index in [0.29, 0.717) is 37.5 Å². The summed E-state index contributed by atoms with van der Waals surface area (Å²) in [4.78, 5) is 32.3. The molecule has 0 radical (unpaired) electrons. The van der Waals surface area contributed by atoms with Crippen molar-refractivity contribution in [2.24, 2.45) is 5.92 Å². The van der Waals surface area contributed by atoms with Gasteiger partial charge >= 0.3 is 0 Å². The first-order valence-electron chi connectivity index (χ1n) is 10.5. The fourth-order valence-electron chi connectivity index (χ4n) is 3.45. The van der Waals surface area contributed by atoms with Gasteiger partial charge in [-0.15, -0.1) is 11.8 Å². The minimum absolute atomic E-state index is 0.00762. The summed E-state index contributed by atoms with van der Waals surface area (Å²) >= 11 is 1.57. The number of amides is 2. The third kappa shape index (κ3) is 6.08. The number of anilines is 1. The Morgan fingerprint density at radius 2 is 1.77 bits per heavy atom. The van der Waals surface area contributed by atoms with Crippen LogP contribution >= 0.6 is 11.8 Å². The minimum Gasteiger partial charge on any atom is -0.342 e. The van der Waals surface area contributed by atoms with E-state index in [4.69, 9.17) is 0 Å². The summed E-state index contributed by atoms with van der Waals surface area (Å²) in [7, 11) is 0. The van der Waals surface area contributed by atoms with Crippen LogP contribution in [0.2, 0.25) is 0 Å². The molecule has 2 heterocycles. The summed E-state index contributed by atoms with van der Waals surface area (Å²) in [6.45, 7) is 9.80. The number of hydrogen-bond acceptors (Lipinski definition) is 4. The van der Waals surface area contributed by atoms with Gasteiger partial charge in [-0.3, -0.25) is 9.59 Å². The summed E-state index contributed by atoms with van der Waals surface area (Å²) < 4.78 is 0. The van der Waals surface area contributed by atoms with E-state index in [2.05, 4.69) is 55.3 Å². The minimum atomic E-state index is -0.0743. The average molecular weight is 426 g/mol. The topological polar surface area (TPSA) is 62.3 Å². The van der Waals surface area contributed by atoms with E-state index in [-0.39, 0.29) is 23.1 Å². The summed E-state index contributed by atoms with van der Waals surface area (Å²) in [5.41, 5.74) is 2.48. The van der Waals surface area contributed by atoms with E-state index in [9.17, 15) is 9.59 Å². The number of likely N-dealkylation sites (tertiary alicyclic amines) is 1. The third-order valence-corrected chi connectivity index (χ3v) is 6.46. The molecule has 6 heteroatoms. The SMILES string of the molecule is Cc1ccc(NC(=O)C2CCN(C(=O)CSc3ccc(C(C)(C)C)cc3)CC2)nc1. The molecule has 1 N–H and O–H groups in total. The number of benzene rings is 1. The molecule has 2 amide bonds. The molecule has 30 heavy (non-hydrogen) atoms. The second kappa shape index (κ2) is 9.65. The number of nitrogens with zero attached hydrogens (tertiary/aromatic N) is 2. The number of nitrogens with one attached hydrogen (secondary N) is 1. The van der Waals surface area contributed by atoms with Crippen LogP contribution < -0.4 is 5.32 Å². The normalized spacial score (nSPS) is 15.1. The smallest absolute Gasteiger partial charge is 0.232 e. The molecule has 0 aliphatic carbocycles. The van der Waals surface area contributed by atoms with Gasteiger partial charge in [0.05, 0.1) is 5.75 Å². The van der Waals surface area contributed by atoms with Gasteiger partial charge < -0.3 is 10.2 Å². The van der Waals surface area contributed by atoms with E-state index in [0.717, 1.165) is 10.5 Å². The van der Waals surface area contributed by atoms with Crippen LogP contribution in [0.25, 0.3) is 0 Å². The highest BCUT2D eigenvalue weighted by Gasteiger charge is 2.27. The molecule has 0 saturated carbocycles. The van der Waals surface area contributed by atoms with Crippen LogP contribution in [0.1, 0.15) is 44.7 Å². The van der Waals surface area contributed by atoms with Crippen LogP contribution in [0.15, 0.2) is 47.5 Å². The van der Waals surface area contributed by atoms with Crippen molar-refractivity contribution in [1.82, 2.24) is 9.88 Å². The van der Waals surface area contributed by atoms with Gasteiger partial charge in [-0.25, -0.2) is 4.98 Å². The Morgan fingerprint density at radius 1 is 1.10 bits per heavy atom. The van der Waals surface area contributed by atoms with Crippen molar-refractivity contribution in [3.05, 3.63) is 53.7 Å². The zero-order valence-corrected chi connectivity index (χ0v) is 19.1. The quantitative estimate of drug-likeness (QED) is 0.708. The number of aromatic nitrogens is 1. The van der Waals surface area contributed by atoms with Crippen LogP contribution in [0.5, 0.6) is 0 Å². The number of hydrogen-bond donors (Lipinski definition) is 1. The van der Waals surface area contributed by atoms with Gasteiger partial charge in [0.2, 0.25) is 11.8 Å². The van der Waals surface area contributed by atoms with E-state index >= 15 is 0 Å². The summed E-state index contributed by atoms with van der Waals surface area (Å²) in [5.74, 6) is 1.07. The molecule has 1 aliphatic rings. The van der Waals surface area contributed by atoms with Gasteiger partial charge in [0.15, 0.2) is 0 Å². The zero-order valence-electron chi connectivity index (χ0n) is 18.3. The lowest BCUT2D eigenvalue weighted by Gasteiger charge is -2.31. The molecule has 1 aromatic heterocycles. The largest absolute Gasteiger partial charge is 0.342 e. The first-order valence-corrected chi connectivity index (χ1v) is 11.5. The highest BCUT2D eigenvalue weighted by Crippen LogP contribution is 2.26. The first kappa shape index (κ1) is 22.3. The van der Waals surface area contributed by atoms with E-state index in [1.54, 1.807) is 18.0 Å². The summed E-state index contributed by atoms with van der Waals surface area (Å²) in [6, 6.07) is 12.2. The molecule has 1 saturated heterocycles. The first-order chi connectivity index (χ1) is 14.2. The fraction of sp³-hybridized carbons (Fsp3) is 0.458. The Hall–Kier alpha value is -2.34. The van der Waals surface area contributed by atoms with Crippen molar-refractivity contribution in [2.45, 2.75) is 50.8 Å². The number of carbonyl (C=O) groups excluding carboxylic acids is 2. The highest BCUT2D eigenvalue weighted by atomic mass is 32.2. The third-order valence-electron chi connectivity index (χ3n) is 5.46. The number of carbonyl (C=O) groups is 2. The molecule has 2 aromatic rings. The second-order valence-corrected chi connectivity index (χ2v) is 9.98. The lowest BCUT2D eigenvalue weighted by atomic mass is 9.87. The Balaban J connectivity index is 1.43. The molecule has 1 aliphatic heterocycles. The molecular weight excluding hydrogens is 394 g/mol. The lowest BCUT2D eigenvalue weighted by molar-refractivity contribution is -0.132. The van der Waals surface area contributed by atoms with E-state index < -0.39 is 0 Å². The fourth-order valence-corrected chi connectivity index (χ4v) is 4.25. The van der Waals surface area contributed by atoms with Gasteiger partial charge in [0, 0.05) is 30.1 Å². The average Bonchev–Trinajstić information content (AvgIpc) is 2.73. The van der Waals surface area contributed by atoms with Crippen molar-refractivity contribution < 1.29 is 9.59 Å².